The molecule has 2 aromatic carbocycles. The molecule has 0 radical (unpaired) electrons. The Morgan fingerprint density at radius 3 is 2.67 bits per heavy atom. The van der Waals surface area contributed by atoms with Gasteiger partial charge in [0.2, 0.25) is 0 Å². The summed E-state index contributed by atoms with van der Waals surface area (Å²) in [4.78, 5) is 17.5. The molecular weight excluding hydrogens is 303 g/mol. The Hall–Kier alpha value is -2.75. The van der Waals surface area contributed by atoms with Gasteiger partial charge in [-0.1, -0.05) is 31.2 Å². The van der Waals surface area contributed by atoms with Gasteiger partial charge in [0.05, 0.1) is 16.8 Å². The van der Waals surface area contributed by atoms with Crippen LogP contribution in [0, 0.1) is 19.7 Å². The number of carbonyl (C=O) groups is 1. The molecule has 0 saturated heterocycles. The van der Waals surface area contributed by atoms with E-state index in [4.69, 9.17) is 0 Å². The van der Waals surface area contributed by atoms with Crippen LogP contribution in [0.4, 0.5) is 10.1 Å². The Balaban J connectivity index is 2.09. The van der Waals surface area contributed by atoms with Gasteiger partial charge in [-0.05, 0) is 49.6 Å². The van der Waals surface area contributed by atoms with Crippen molar-refractivity contribution in [2.75, 3.05) is 5.32 Å². The fourth-order valence-corrected chi connectivity index (χ4v) is 2.91. The maximum absolute atomic E-state index is 13.5. The van der Waals surface area contributed by atoms with Crippen molar-refractivity contribution < 1.29 is 9.18 Å². The number of hydrogen-bond acceptors (Lipinski definition) is 2. The van der Waals surface area contributed by atoms with Crippen LogP contribution in [0.15, 0.2) is 42.5 Å². The second kappa shape index (κ2) is 6.40. The van der Waals surface area contributed by atoms with Crippen LogP contribution in [0.3, 0.4) is 0 Å². The average molecular weight is 322 g/mol. The van der Waals surface area contributed by atoms with Gasteiger partial charge in [-0.25, -0.2) is 4.39 Å². The number of halogens is 1. The topological polar surface area (TPSA) is 42.0 Å². The molecule has 122 valence electrons. The van der Waals surface area contributed by atoms with Crippen LogP contribution >= 0.6 is 0 Å². The summed E-state index contributed by atoms with van der Waals surface area (Å²) >= 11 is 0. The van der Waals surface area contributed by atoms with Crippen molar-refractivity contribution in [3.8, 4) is 0 Å². The highest BCUT2D eigenvalue weighted by atomic mass is 19.1. The van der Waals surface area contributed by atoms with Gasteiger partial charge >= 0.3 is 0 Å². The van der Waals surface area contributed by atoms with E-state index in [0.29, 0.717) is 17.7 Å². The molecule has 3 rings (SSSR count). The molecule has 0 atom stereocenters. The van der Waals surface area contributed by atoms with E-state index in [0.717, 1.165) is 27.7 Å². The van der Waals surface area contributed by atoms with Crippen LogP contribution in [0.25, 0.3) is 10.9 Å². The second-order valence-corrected chi connectivity index (χ2v) is 5.84. The first-order chi connectivity index (χ1) is 11.5. The van der Waals surface area contributed by atoms with E-state index in [1.54, 1.807) is 6.07 Å². The zero-order valence-corrected chi connectivity index (χ0v) is 14.0. The molecule has 1 aromatic heterocycles. The summed E-state index contributed by atoms with van der Waals surface area (Å²) in [5.41, 5.74) is 4.38. The molecule has 3 aromatic rings. The minimum absolute atomic E-state index is 0.253. The number of para-hydroxylation sites is 1. The largest absolute Gasteiger partial charge is 0.322 e. The SMILES string of the molecule is CCc1nc2ccccc2c(C)c1C(=O)Nc1cc(F)ccc1C. The Morgan fingerprint density at radius 2 is 1.92 bits per heavy atom. The van der Waals surface area contributed by atoms with E-state index in [1.165, 1.54) is 12.1 Å². The Bertz CT molecular complexity index is 934. The van der Waals surface area contributed by atoms with E-state index >= 15 is 0 Å². The number of fused-ring (bicyclic) bond motifs is 1. The highest BCUT2D eigenvalue weighted by molar-refractivity contribution is 6.08. The summed E-state index contributed by atoms with van der Waals surface area (Å²) in [5.74, 6) is -0.628. The number of carbonyl (C=O) groups excluding carboxylic acids is 1. The van der Waals surface area contributed by atoms with Gasteiger partial charge in [-0.15, -0.1) is 0 Å². The van der Waals surface area contributed by atoms with Crippen molar-refractivity contribution in [3.63, 3.8) is 0 Å². The molecule has 4 heteroatoms. The minimum atomic E-state index is -0.375. The molecule has 1 amide bonds. The number of nitrogens with zero attached hydrogens (tertiary/aromatic N) is 1. The number of nitrogens with one attached hydrogen (secondary N) is 1. The molecule has 0 fully saturated rings. The highest BCUT2D eigenvalue weighted by Crippen LogP contribution is 2.25. The maximum atomic E-state index is 13.5. The van der Waals surface area contributed by atoms with Crippen LogP contribution in [0.1, 0.15) is 34.1 Å². The van der Waals surface area contributed by atoms with Crippen LogP contribution in [-0.4, -0.2) is 10.9 Å². The summed E-state index contributed by atoms with van der Waals surface area (Å²) in [7, 11) is 0. The van der Waals surface area contributed by atoms with E-state index in [-0.39, 0.29) is 11.7 Å². The molecule has 0 bridgehead atoms. The third kappa shape index (κ3) is 2.87. The van der Waals surface area contributed by atoms with Gasteiger partial charge < -0.3 is 5.32 Å². The second-order valence-electron chi connectivity index (χ2n) is 5.84. The average Bonchev–Trinajstić information content (AvgIpc) is 2.57. The van der Waals surface area contributed by atoms with Crippen LogP contribution in [0.2, 0.25) is 0 Å². The molecule has 0 spiro atoms. The first-order valence-corrected chi connectivity index (χ1v) is 7.97. The zero-order valence-electron chi connectivity index (χ0n) is 14.0. The smallest absolute Gasteiger partial charge is 0.257 e. The molecule has 0 saturated carbocycles. The summed E-state index contributed by atoms with van der Waals surface area (Å²) in [6.07, 6.45) is 0.649. The van der Waals surface area contributed by atoms with Crippen molar-refractivity contribution in [3.05, 3.63) is 70.7 Å². The predicted octanol–water partition coefficient (Wildman–Crippen LogP) is 4.81. The zero-order chi connectivity index (χ0) is 17.3. The number of pyridine rings is 1. The Morgan fingerprint density at radius 1 is 1.17 bits per heavy atom. The molecular formula is C20H19FN2O. The monoisotopic (exact) mass is 322 g/mol. The summed E-state index contributed by atoms with van der Waals surface area (Å²) in [6, 6.07) is 12.1. The minimum Gasteiger partial charge on any atom is -0.322 e. The van der Waals surface area contributed by atoms with Crippen LogP contribution < -0.4 is 5.32 Å². The van der Waals surface area contributed by atoms with Gasteiger partial charge in [0, 0.05) is 11.1 Å². The molecule has 3 nitrogen and oxygen atoms in total. The number of rotatable bonds is 3. The van der Waals surface area contributed by atoms with Crippen LogP contribution in [-0.2, 0) is 6.42 Å². The lowest BCUT2D eigenvalue weighted by Crippen LogP contribution is -2.18. The molecule has 0 aliphatic rings. The normalized spacial score (nSPS) is 10.8. The highest BCUT2D eigenvalue weighted by Gasteiger charge is 2.18. The van der Waals surface area contributed by atoms with E-state index in [2.05, 4.69) is 10.3 Å². The molecule has 0 aliphatic heterocycles. The number of anilines is 1. The first-order valence-electron chi connectivity index (χ1n) is 7.97. The first kappa shape index (κ1) is 16.1. The lowest BCUT2D eigenvalue weighted by atomic mass is 9.99. The van der Waals surface area contributed by atoms with Crippen molar-refractivity contribution in [1.82, 2.24) is 4.98 Å². The molecule has 0 unspecified atom stereocenters. The number of aryl methyl sites for hydroxylation is 3. The Kier molecular flexibility index (Phi) is 4.30. The molecule has 0 aliphatic carbocycles. The molecule has 1 heterocycles. The fraction of sp³-hybridized carbons (Fsp3) is 0.200. The molecule has 24 heavy (non-hydrogen) atoms. The maximum Gasteiger partial charge on any atom is 0.257 e. The van der Waals surface area contributed by atoms with E-state index < -0.39 is 0 Å². The quantitative estimate of drug-likeness (QED) is 0.752. The number of benzene rings is 2. The third-order valence-electron chi connectivity index (χ3n) is 4.24. The predicted molar refractivity (Wildman–Crippen MR) is 94.9 cm³/mol. The standard InChI is InChI=1S/C20H19FN2O/c1-4-16-19(13(3)15-7-5-6-8-17(15)22-16)20(24)23-18-11-14(21)10-9-12(18)2/h5-11H,4H2,1-3H3,(H,23,24). The van der Waals surface area contributed by atoms with Gasteiger partial charge in [0.15, 0.2) is 0 Å². The van der Waals surface area contributed by atoms with E-state index in [9.17, 15) is 9.18 Å². The van der Waals surface area contributed by atoms with Gasteiger partial charge in [-0.2, -0.15) is 0 Å². The summed E-state index contributed by atoms with van der Waals surface area (Å²) in [5, 5.41) is 3.78. The summed E-state index contributed by atoms with van der Waals surface area (Å²) < 4.78 is 13.5. The van der Waals surface area contributed by atoms with Gasteiger partial charge in [-0.3, -0.25) is 9.78 Å². The van der Waals surface area contributed by atoms with Gasteiger partial charge in [0.1, 0.15) is 5.82 Å². The van der Waals surface area contributed by atoms with Crippen molar-refractivity contribution in [2.24, 2.45) is 0 Å². The third-order valence-corrected chi connectivity index (χ3v) is 4.24. The lowest BCUT2D eigenvalue weighted by molar-refractivity contribution is 0.102. The molecule has 1 N–H and O–H groups in total. The summed E-state index contributed by atoms with van der Waals surface area (Å²) in [6.45, 7) is 5.73. The lowest BCUT2D eigenvalue weighted by Gasteiger charge is -2.15. The van der Waals surface area contributed by atoms with Crippen molar-refractivity contribution in [2.45, 2.75) is 27.2 Å². The van der Waals surface area contributed by atoms with E-state index in [1.807, 2.05) is 45.0 Å². The number of hydrogen-bond donors (Lipinski definition) is 1. The fourth-order valence-electron chi connectivity index (χ4n) is 2.91. The number of aromatic nitrogens is 1. The Labute approximate surface area is 140 Å². The van der Waals surface area contributed by atoms with Crippen LogP contribution in [0.5, 0.6) is 0 Å². The van der Waals surface area contributed by atoms with Crippen molar-refractivity contribution >= 4 is 22.5 Å². The van der Waals surface area contributed by atoms with Crippen molar-refractivity contribution in [1.29, 1.82) is 0 Å². The number of amides is 1. The van der Waals surface area contributed by atoms with Gasteiger partial charge in [0.25, 0.3) is 5.91 Å².